The van der Waals surface area contributed by atoms with Crippen LogP contribution in [0.3, 0.4) is 0 Å². The van der Waals surface area contributed by atoms with Gasteiger partial charge in [-0.3, -0.25) is 19.2 Å². The molecule has 0 spiro atoms. The molecule has 0 radical (unpaired) electrons. The Labute approximate surface area is 190 Å². The number of carboxylic acid groups (broad SMARTS) is 1. The standard InChI is InChI=1S/C19H33N5O7S/c1-10(25)15(17(28)22-12(19(30)31)7-9-32-2)23-16(27)13-4-3-8-24(13)18(29)11(20)5-6-14(21)26/h10-13,15,25H,3-9,20H2,1-2H3,(H2,21,26)(H,22,28)(H,23,27)(H,30,31). The first-order valence-corrected chi connectivity index (χ1v) is 11.7. The highest BCUT2D eigenvalue weighted by molar-refractivity contribution is 7.98. The number of carbonyl (C=O) groups excluding carboxylic acids is 4. The van der Waals surface area contributed by atoms with Crippen molar-refractivity contribution >= 4 is 41.4 Å². The fourth-order valence-electron chi connectivity index (χ4n) is 3.35. The van der Waals surface area contributed by atoms with E-state index in [0.717, 1.165) is 0 Å². The van der Waals surface area contributed by atoms with Gasteiger partial charge in [-0.15, -0.1) is 0 Å². The van der Waals surface area contributed by atoms with E-state index in [1.807, 2.05) is 0 Å². The van der Waals surface area contributed by atoms with Gasteiger partial charge in [0.2, 0.25) is 23.6 Å². The zero-order valence-electron chi connectivity index (χ0n) is 18.3. The summed E-state index contributed by atoms with van der Waals surface area (Å²) in [5.74, 6) is -3.32. The van der Waals surface area contributed by atoms with Crippen LogP contribution in [0.15, 0.2) is 0 Å². The number of likely N-dealkylation sites (tertiary alicyclic amines) is 1. The number of amides is 4. The minimum Gasteiger partial charge on any atom is -0.480 e. The minimum absolute atomic E-state index is 0.0460. The summed E-state index contributed by atoms with van der Waals surface area (Å²) in [7, 11) is 0. The molecule has 0 aromatic heterocycles. The van der Waals surface area contributed by atoms with Gasteiger partial charge in [0.1, 0.15) is 18.1 Å². The first-order valence-electron chi connectivity index (χ1n) is 10.3. The van der Waals surface area contributed by atoms with E-state index in [4.69, 9.17) is 11.5 Å². The predicted octanol–water partition coefficient (Wildman–Crippen LogP) is -2.24. The summed E-state index contributed by atoms with van der Waals surface area (Å²) in [6.07, 6.45) is 1.52. The molecule has 1 fully saturated rings. The van der Waals surface area contributed by atoms with Gasteiger partial charge in [-0.05, 0) is 44.6 Å². The van der Waals surface area contributed by atoms with E-state index in [-0.39, 0.29) is 25.8 Å². The van der Waals surface area contributed by atoms with Gasteiger partial charge in [-0.2, -0.15) is 11.8 Å². The number of primary amides is 1. The third kappa shape index (κ3) is 8.28. The van der Waals surface area contributed by atoms with Crippen LogP contribution in [-0.2, 0) is 24.0 Å². The molecule has 5 atom stereocenters. The minimum atomic E-state index is -1.40. The highest BCUT2D eigenvalue weighted by Gasteiger charge is 2.38. The maximum atomic E-state index is 12.8. The number of aliphatic carboxylic acids is 1. The summed E-state index contributed by atoms with van der Waals surface area (Å²) >= 11 is 1.42. The third-order valence-electron chi connectivity index (χ3n) is 5.15. The lowest BCUT2D eigenvalue weighted by Crippen LogP contribution is -2.59. The quantitative estimate of drug-likeness (QED) is 0.170. The van der Waals surface area contributed by atoms with Crippen LogP contribution in [0.2, 0.25) is 0 Å². The first kappa shape index (κ1) is 27.7. The van der Waals surface area contributed by atoms with Crippen LogP contribution in [-0.4, -0.2) is 93.5 Å². The monoisotopic (exact) mass is 475 g/mol. The fraction of sp³-hybridized carbons (Fsp3) is 0.737. The maximum Gasteiger partial charge on any atom is 0.326 e. The van der Waals surface area contributed by atoms with Crippen LogP contribution in [0.1, 0.15) is 39.0 Å². The van der Waals surface area contributed by atoms with Gasteiger partial charge in [0.25, 0.3) is 0 Å². The van der Waals surface area contributed by atoms with E-state index in [0.29, 0.717) is 18.6 Å². The molecule has 13 heteroatoms. The molecule has 0 aliphatic carbocycles. The Morgan fingerprint density at radius 1 is 1.19 bits per heavy atom. The average Bonchev–Trinajstić information content (AvgIpc) is 3.21. The van der Waals surface area contributed by atoms with Gasteiger partial charge in [0.05, 0.1) is 12.1 Å². The molecule has 1 aliphatic heterocycles. The third-order valence-corrected chi connectivity index (χ3v) is 5.79. The van der Waals surface area contributed by atoms with Crippen LogP contribution in [0.4, 0.5) is 0 Å². The molecule has 4 amide bonds. The highest BCUT2D eigenvalue weighted by Crippen LogP contribution is 2.19. The lowest BCUT2D eigenvalue weighted by molar-refractivity contribution is -0.144. The number of thioether (sulfide) groups is 1. The van der Waals surface area contributed by atoms with Crippen LogP contribution in [0, 0.1) is 0 Å². The lowest BCUT2D eigenvalue weighted by atomic mass is 10.1. The van der Waals surface area contributed by atoms with E-state index >= 15 is 0 Å². The Kier molecular flexibility index (Phi) is 11.4. The molecular weight excluding hydrogens is 442 g/mol. The number of nitrogens with zero attached hydrogens (tertiary/aromatic N) is 1. The summed E-state index contributed by atoms with van der Waals surface area (Å²) < 4.78 is 0. The summed E-state index contributed by atoms with van der Waals surface area (Å²) in [5, 5.41) is 24.1. The number of nitrogens with one attached hydrogen (secondary N) is 2. The normalized spacial score (nSPS) is 19.5. The average molecular weight is 476 g/mol. The Morgan fingerprint density at radius 3 is 2.38 bits per heavy atom. The van der Waals surface area contributed by atoms with Crippen molar-refractivity contribution in [2.75, 3.05) is 18.6 Å². The van der Waals surface area contributed by atoms with Crippen LogP contribution >= 0.6 is 11.8 Å². The molecule has 12 nitrogen and oxygen atoms in total. The summed E-state index contributed by atoms with van der Waals surface area (Å²) in [4.78, 5) is 61.6. The molecule has 1 rings (SSSR count). The van der Waals surface area contributed by atoms with Gasteiger partial charge in [-0.1, -0.05) is 0 Å². The fourth-order valence-corrected chi connectivity index (χ4v) is 3.82. The Balaban J connectivity index is 2.83. The van der Waals surface area contributed by atoms with Crippen molar-refractivity contribution in [2.45, 2.75) is 69.3 Å². The van der Waals surface area contributed by atoms with Crippen molar-refractivity contribution in [3.05, 3.63) is 0 Å². The summed E-state index contributed by atoms with van der Waals surface area (Å²) in [5.41, 5.74) is 10.9. The number of hydrogen-bond acceptors (Lipinski definition) is 8. The number of nitrogens with two attached hydrogens (primary N) is 2. The van der Waals surface area contributed by atoms with Gasteiger partial charge in [0.15, 0.2) is 0 Å². The molecule has 0 aromatic carbocycles. The Bertz CT molecular complexity index is 706. The number of rotatable bonds is 13. The molecule has 1 aliphatic rings. The predicted molar refractivity (Wildman–Crippen MR) is 117 cm³/mol. The molecule has 1 saturated heterocycles. The smallest absolute Gasteiger partial charge is 0.326 e. The molecule has 32 heavy (non-hydrogen) atoms. The second-order valence-corrected chi connectivity index (χ2v) is 8.69. The number of aliphatic hydroxyl groups excluding tert-OH is 1. The zero-order valence-corrected chi connectivity index (χ0v) is 19.1. The zero-order chi connectivity index (χ0) is 24.4. The van der Waals surface area contributed by atoms with Gasteiger partial charge in [0, 0.05) is 13.0 Å². The van der Waals surface area contributed by atoms with Gasteiger partial charge >= 0.3 is 5.97 Å². The van der Waals surface area contributed by atoms with Crippen LogP contribution in [0.5, 0.6) is 0 Å². The van der Waals surface area contributed by atoms with E-state index in [1.54, 1.807) is 6.26 Å². The largest absolute Gasteiger partial charge is 0.480 e. The van der Waals surface area contributed by atoms with Crippen molar-refractivity contribution in [1.82, 2.24) is 15.5 Å². The van der Waals surface area contributed by atoms with E-state index < -0.39 is 59.9 Å². The van der Waals surface area contributed by atoms with Crippen molar-refractivity contribution in [3.8, 4) is 0 Å². The Morgan fingerprint density at radius 2 is 1.84 bits per heavy atom. The molecular formula is C19H33N5O7S. The van der Waals surface area contributed by atoms with E-state index in [1.165, 1.54) is 23.6 Å². The van der Waals surface area contributed by atoms with Crippen molar-refractivity contribution in [3.63, 3.8) is 0 Å². The summed E-state index contributed by atoms with van der Waals surface area (Å²) in [6, 6.07) is -4.47. The highest BCUT2D eigenvalue weighted by atomic mass is 32.2. The van der Waals surface area contributed by atoms with Crippen LogP contribution in [0.25, 0.3) is 0 Å². The lowest BCUT2D eigenvalue weighted by Gasteiger charge is -2.29. The second kappa shape index (κ2) is 13.2. The molecule has 182 valence electrons. The second-order valence-electron chi connectivity index (χ2n) is 7.71. The Hall–Kier alpha value is -2.38. The molecule has 8 N–H and O–H groups in total. The number of aliphatic hydroxyl groups is 1. The van der Waals surface area contributed by atoms with E-state index in [9.17, 15) is 34.2 Å². The molecule has 1 heterocycles. The topological polar surface area (TPSA) is 205 Å². The van der Waals surface area contributed by atoms with E-state index in [2.05, 4.69) is 10.6 Å². The SMILES string of the molecule is CSCCC(NC(=O)C(NC(=O)C1CCCN1C(=O)C(N)CCC(N)=O)C(C)O)C(=O)O. The molecule has 5 unspecified atom stereocenters. The van der Waals surface area contributed by atoms with Crippen molar-refractivity contribution in [1.29, 1.82) is 0 Å². The van der Waals surface area contributed by atoms with Crippen molar-refractivity contribution < 1.29 is 34.2 Å². The van der Waals surface area contributed by atoms with Crippen molar-refractivity contribution in [2.24, 2.45) is 11.5 Å². The number of carboxylic acids is 1. The molecule has 0 bridgehead atoms. The maximum absolute atomic E-state index is 12.8. The first-order chi connectivity index (χ1) is 15.0. The van der Waals surface area contributed by atoms with Gasteiger partial charge < -0.3 is 37.2 Å². The number of carbonyl (C=O) groups is 5. The van der Waals surface area contributed by atoms with Crippen LogP contribution < -0.4 is 22.1 Å². The summed E-state index contributed by atoms with van der Waals surface area (Å²) in [6.45, 7) is 1.57. The molecule has 0 saturated carbocycles. The van der Waals surface area contributed by atoms with Gasteiger partial charge in [-0.25, -0.2) is 4.79 Å². The molecule has 0 aromatic rings. The number of hydrogen-bond donors (Lipinski definition) is 6.